The lowest BCUT2D eigenvalue weighted by molar-refractivity contribution is 0.0503. The van der Waals surface area contributed by atoms with E-state index < -0.39 is 0 Å². The molecule has 4 nitrogen and oxygen atoms in total. The Morgan fingerprint density at radius 2 is 2.06 bits per heavy atom. The number of nitrogens with one attached hydrogen (secondary N) is 1. The molecule has 1 saturated heterocycles. The van der Waals surface area contributed by atoms with Gasteiger partial charge >= 0.3 is 0 Å². The first kappa shape index (κ1) is 9.93. The molecule has 0 saturated carbocycles. The molecule has 0 aliphatic carbocycles. The van der Waals surface area contributed by atoms with Crippen molar-refractivity contribution in [2.24, 2.45) is 0 Å². The predicted molar refractivity (Wildman–Crippen MR) is 58.7 cm³/mol. The van der Waals surface area contributed by atoms with E-state index >= 15 is 0 Å². The van der Waals surface area contributed by atoms with Crippen molar-refractivity contribution >= 4 is 0 Å². The molecule has 1 N–H and O–H groups in total. The summed E-state index contributed by atoms with van der Waals surface area (Å²) in [5.74, 6) is 1.66. The van der Waals surface area contributed by atoms with Gasteiger partial charge in [-0.3, -0.25) is 0 Å². The van der Waals surface area contributed by atoms with Crippen LogP contribution >= 0.6 is 0 Å². The SMILES string of the molecule is CC1COCC(c2ccc3c(c2)OCO3)N1. The van der Waals surface area contributed by atoms with Crippen molar-refractivity contribution in [3.8, 4) is 11.5 Å². The van der Waals surface area contributed by atoms with Crippen molar-refractivity contribution in [2.45, 2.75) is 19.0 Å². The second-order valence-electron chi connectivity index (χ2n) is 4.27. The third kappa shape index (κ3) is 1.74. The van der Waals surface area contributed by atoms with E-state index in [9.17, 15) is 0 Å². The van der Waals surface area contributed by atoms with Crippen LogP contribution in [0.3, 0.4) is 0 Å². The first-order valence-electron chi connectivity index (χ1n) is 5.56. The number of hydrogen-bond donors (Lipinski definition) is 1. The highest BCUT2D eigenvalue weighted by molar-refractivity contribution is 5.45. The number of fused-ring (bicyclic) bond motifs is 1. The molecule has 1 aromatic rings. The summed E-state index contributed by atoms with van der Waals surface area (Å²) in [5, 5.41) is 3.50. The van der Waals surface area contributed by atoms with Gasteiger partial charge in [0.15, 0.2) is 11.5 Å². The highest BCUT2D eigenvalue weighted by Crippen LogP contribution is 2.34. The first-order valence-corrected chi connectivity index (χ1v) is 5.56. The van der Waals surface area contributed by atoms with Gasteiger partial charge in [-0.25, -0.2) is 0 Å². The van der Waals surface area contributed by atoms with Gasteiger partial charge < -0.3 is 19.5 Å². The highest BCUT2D eigenvalue weighted by atomic mass is 16.7. The summed E-state index contributed by atoms with van der Waals surface area (Å²) >= 11 is 0. The molecule has 1 fully saturated rings. The molecule has 0 radical (unpaired) electrons. The van der Waals surface area contributed by atoms with E-state index in [4.69, 9.17) is 14.2 Å². The summed E-state index contributed by atoms with van der Waals surface area (Å²) in [7, 11) is 0. The highest BCUT2D eigenvalue weighted by Gasteiger charge is 2.22. The molecule has 0 spiro atoms. The summed E-state index contributed by atoms with van der Waals surface area (Å²) in [6, 6.07) is 6.69. The summed E-state index contributed by atoms with van der Waals surface area (Å²) < 4.78 is 16.2. The normalized spacial score (nSPS) is 28.1. The first-order chi connectivity index (χ1) is 7.83. The average Bonchev–Trinajstić information content (AvgIpc) is 2.75. The Labute approximate surface area is 94.5 Å². The molecular weight excluding hydrogens is 206 g/mol. The summed E-state index contributed by atoms with van der Waals surface area (Å²) in [6.45, 7) is 3.94. The fraction of sp³-hybridized carbons (Fsp3) is 0.500. The second kappa shape index (κ2) is 3.96. The maximum Gasteiger partial charge on any atom is 0.231 e. The van der Waals surface area contributed by atoms with Crippen LogP contribution in [0.1, 0.15) is 18.5 Å². The van der Waals surface area contributed by atoms with Crippen molar-refractivity contribution in [1.29, 1.82) is 0 Å². The average molecular weight is 221 g/mol. The van der Waals surface area contributed by atoms with E-state index in [0.717, 1.165) is 18.1 Å². The lowest BCUT2D eigenvalue weighted by Gasteiger charge is -2.29. The van der Waals surface area contributed by atoms with Crippen molar-refractivity contribution in [1.82, 2.24) is 5.32 Å². The summed E-state index contributed by atoms with van der Waals surface area (Å²) in [4.78, 5) is 0. The van der Waals surface area contributed by atoms with Crippen LogP contribution in [0.2, 0.25) is 0 Å². The molecule has 2 atom stereocenters. The Kier molecular flexibility index (Phi) is 2.46. The number of hydrogen-bond acceptors (Lipinski definition) is 4. The molecule has 2 heterocycles. The fourth-order valence-corrected chi connectivity index (χ4v) is 2.12. The van der Waals surface area contributed by atoms with Crippen LogP contribution in [0.25, 0.3) is 0 Å². The van der Waals surface area contributed by atoms with Crippen molar-refractivity contribution in [3.63, 3.8) is 0 Å². The molecule has 2 aliphatic rings. The Bertz CT molecular complexity index is 394. The quantitative estimate of drug-likeness (QED) is 0.779. The zero-order chi connectivity index (χ0) is 11.0. The minimum absolute atomic E-state index is 0.248. The van der Waals surface area contributed by atoms with Crippen LogP contribution in [0.15, 0.2) is 18.2 Å². The number of rotatable bonds is 1. The molecule has 2 aliphatic heterocycles. The number of ether oxygens (including phenoxy) is 3. The van der Waals surface area contributed by atoms with Gasteiger partial charge in [-0.1, -0.05) is 6.07 Å². The van der Waals surface area contributed by atoms with Crippen LogP contribution < -0.4 is 14.8 Å². The second-order valence-corrected chi connectivity index (χ2v) is 4.27. The van der Waals surface area contributed by atoms with Gasteiger partial charge in [0.2, 0.25) is 6.79 Å². The summed E-state index contributed by atoms with van der Waals surface area (Å²) in [5.41, 5.74) is 1.19. The van der Waals surface area contributed by atoms with Gasteiger partial charge in [0.05, 0.1) is 19.3 Å². The van der Waals surface area contributed by atoms with Crippen LogP contribution in [-0.2, 0) is 4.74 Å². The lowest BCUT2D eigenvalue weighted by Crippen LogP contribution is -2.41. The van der Waals surface area contributed by atoms with Gasteiger partial charge in [0.25, 0.3) is 0 Å². The fourth-order valence-electron chi connectivity index (χ4n) is 2.12. The minimum Gasteiger partial charge on any atom is -0.454 e. The topological polar surface area (TPSA) is 39.7 Å². The minimum atomic E-state index is 0.248. The molecule has 0 bridgehead atoms. The van der Waals surface area contributed by atoms with Gasteiger partial charge in [-0.15, -0.1) is 0 Å². The molecule has 2 unspecified atom stereocenters. The van der Waals surface area contributed by atoms with Crippen molar-refractivity contribution < 1.29 is 14.2 Å². The zero-order valence-electron chi connectivity index (χ0n) is 9.23. The number of morpholine rings is 1. The van der Waals surface area contributed by atoms with E-state index in [2.05, 4.69) is 18.3 Å². The van der Waals surface area contributed by atoms with E-state index in [1.165, 1.54) is 5.56 Å². The zero-order valence-corrected chi connectivity index (χ0v) is 9.23. The van der Waals surface area contributed by atoms with Crippen molar-refractivity contribution in [2.75, 3.05) is 20.0 Å². The molecule has 1 aromatic carbocycles. The predicted octanol–water partition coefficient (Wildman–Crippen LogP) is 1.46. The molecule has 0 aromatic heterocycles. The Balaban J connectivity index is 1.83. The van der Waals surface area contributed by atoms with Crippen molar-refractivity contribution in [3.05, 3.63) is 23.8 Å². The maximum absolute atomic E-state index is 5.53. The van der Waals surface area contributed by atoms with E-state index in [1.807, 2.05) is 12.1 Å². The molecule has 3 rings (SSSR count). The van der Waals surface area contributed by atoms with Crippen LogP contribution in [-0.4, -0.2) is 26.0 Å². The number of benzene rings is 1. The Morgan fingerprint density at radius 1 is 1.19 bits per heavy atom. The Morgan fingerprint density at radius 3 is 2.94 bits per heavy atom. The molecule has 0 amide bonds. The third-order valence-corrected chi connectivity index (χ3v) is 2.94. The largest absolute Gasteiger partial charge is 0.454 e. The third-order valence-electron chi connectivity index (χ3n) is 2.94. The lowest BCUT2D eigenvalue weighted by atomic mass is 10.0. The summed E-state index contributed by atoms with van der Waals surface area (Å²) in [6.07, 6.45) is 0. The molecule has 4 heteroatoms. The van der Waals surface area contributed by atoms with Gasteiger partial charge in [-0.05, 0) is 24.6 Å². The molecule has 16 heavy (non-hydrogen) atoms. The van der Waals surface area contributed by atoms with E-state index in [1.54, 1.807) is 0 Å². The van der Waals surface area contributed by atoms with Gasteiger partial charge in [-0.2, -0.15) is 0 Å². The van der Waals surface area contributed by atoms with Crippen LogP contribution in [0.5, 0.6) is 11.5 Å². The van der Waals surface area contributed by atoms with E-state index in [0.29, 0.717) is 19.4 Å². The smallest absolute Gasteiger partial charge is 0.231 e. The van der Waals surface area contributed by atoms with Gasteiger partial charge in [0.1, 0.15) is 0 Å². The van der Waals surface area contributed by atoms with Crippen LogP contribution in [0.4, 0.5) is 0 Å². The van der Waals surface area contributed by atoms with Crippen LogP contribution in [0, 0.1) is 0 Å². The standard InChI is InChI=1S/C12H15NO3/c1-8-5-14-6-10(13-8)9-2-3-11-12(4-9)16-7-15-11/h2-4,8,10,13H,5-7H2,1H3. The monoisotopic (exact) mass is 221 g/mol. The maximum atomic E-state index is 5.53. The molecular formula is C12H15NO3. The van der Waals surface area contributed by atoms with E-state index in [-0.39, 0.29) is 6.04 Å². The molecule has 86 valence electrons. The van der Waals surface area contributed by atoms with Gasteiger partial charge in [0, 0.05) is 6.04 Å². The Hall–Kier alpha value is -1.26.